The number of nitrogens with one attached hydrogen (secondary N) is 2. The van der Waals surface area contributed by atoms with E-state index < -0.39 is 0 Å². The van der Waals surface area contributed by atoms with Crippen LogP contribution in [0.15, 0.2) is 53.7 Å². The number of hydrogen-bond acceptors (Lipinski definition) is 3. The van der Waals surface area contributed by atoms with Crippen LogP contribution in [0.25, 0.3) is 0 Å². The van der Waals surface area contributed by atoms with Gasteiger partial charge >= 0.3 is 0 Å². The summed E-state index contributed by atoms with van der Waals surface area (Å²) in [6, 6.07) is 14.0. The Kier molecular flexibility index (Phi) is 11.2. The highest BCUT2D eigenvalue weighted by Gasteiger charge is 2.10. The molecule has 0 aliphatic rings. The Morgan fingerprint density at radius 3 is 2.57 bits per heavy atom. The summed E-state index contributed by atoms with van der Waals surface area (Å²) in [5.41, 5.74) is 3.37. The molecule has 7 heteroatoms. The number of rotatable bonds is 8. The highest BCUT2D eigenvalue weighted by molar-refractivity contribution is 14.0. The molecule has 2 aromatic rings. The molecular weight excluding hydrogens is 465 g/mol. The average Bonchev–Trinajstić information content (AvgIpc) is 2.69. The second-order valence-electron chi connectivity index (χ2n) is 6.36. The first kappa shape index (κ1) is 23.9. The zero-order valence-electron chi connectivity index (χ0n) is 16.8. The first-order valence-corrected chi connectivity index (χ1v) is 9.30. The highest BCUT2D eigenvalue weighted by atomic mass is 127. The first-order valence-electron chi connectivity index (χ1n) is 9.30. The van der Waals surface area contributed by atoms with Gasteiger partial charge in [0.1, 0.15) is 0 Å². The number of halogens is 1. The normalized spacial score (nSPS) is 10.8. The standard InChI is InChI=1S/C21H29N5O.HI/c1-4-22-21(24-15-18-10-6-5-9-17(18)2)25-16-20(27)26(3)14-12-19-11-7-8-13-23-19;/h5-11,13H,4,12,14-16H2,1-3H3,(H2,22,24,25);1H. The first-order chi connectivity index (χ1) is 13.1. The Labute approximate surface area is 184 Å². The lowest BCUT2D eigenvalue weighted by molar-refractivity contribution is -0.128. The topological polar surface area (TPSA) is 69.6 Å². The number of hydrogen-bond donors (Lipinski definition) is 2. The predicted molar refractivity (Wildman–Crippen MR) is 125 cm³/mol. The quantitative estimate of drug-likeness (QED) is 0.336. The van der Waals surface area contributed by atoms with Gasteiger partial charge in [0.05, 0.1) is 13.1 Å². The number of carbonyl (C=O) groups excluding carboxylic acids is 1. The van der Waals surface area contributed by atoms with Gasteiger partial charge in [-0.05, 0) is 37.1 Å². The van der Waals surface area contributed by atoms with E-state index in [2.05, 4.69) is 39.7 Å². The number of aliphatic imine (C=N–C) groups is 1. The van der Waals surface area contributed by atoms with E-state index in [9.17, 15) is 4.79 Å². The van der Waals surface area contributed by atoms with Crippen molar-refractivity contribution in [1.29, 1.82) is 0 Å². The fourth-order valence-electron chi connectivity index (χ4n) is 2.54. The maximum absolute atomic E-state index is 12.4. The zero-order valence-corrected chi connectivity index (χ0v) is 19.1. The summed E-state index contributed by atoms with van der Waals surface area (Å²) in [5.74, 6) is 0.666. The maximum atomic E-state index is 12.4. The minimum absolute atomic E-state index is 0. The van der Waals surface area contributed by atoms with Crippen LogP contribution in [-0.2, 0) is 17.8 Å². The Morgan fingerprint density at radius 2 is 1.89 bits per heavy atom. The van der Waals surface area contributed by atoms with Crippen LogP contribution in [0.2, 0.25) is 0 Å². The monoisotopic (exact) mass is 495 g/mol. The number of aryl methyl sites for hydroxylation is 1. The molecule has 0 saturated carbocycles. The molecular formula is C21H30IN5O. The summed E-state index contributed by atoms with van der Waals surface area (Å²) in [6.07, 6.45) is 2.51. The predicted octanol–water partition coefficient (Wildman–Crippen LogP) is 2.76. The molecule has 0 bridgehead atoms. The molecule has 0 aliphatic carbocycles. The number of amides is 1. The van der Waals surface area contributed by atoms with Gasteiger partial charge in [-0.25, -0.2) is 4.99 Å². The summed E-state index contributed by atoms with van der Waals surface area (Å²) in [6.45, 7) is 6.23. The molecule has 28 heavy (non-hydrogen) atoms. The zero-order chi connectivity index (χ0) is 19.5. The fraction of sp³-hybridized carbons (Fsp3) is 0.381. The molecule has 0 fully saturated rings. The largest absolute Gasteiger partial charge is 0.357 e. The Morgan fingerprint density at radius 1 is 1.14 bits per heavy atom. The van der Waals surface area contributed by atoms with Gasteiger partial charge in [0.25, 0.3) is 0 Å². The van der Waals surface area contributed by atoms with Crippen LogP contribution in [0.1, 0.15) is 23.7 Å². The van der Waals surface area contributed by atoms with Crippen molar-refractivity contribution in [1.82, 2.24) is 20.5 Å². The molecule has 0 saturated heterocycles. The third-order valence-corrected chi connectivity index (χ3v) is 4.28. The molecule has 6 nitrogen and oxygen atoms in total. The minimum Gasteiger partial charge on any atom is -0.357 e. The molecule has 0 radical (unpaired) electrons. The van der Waals surface area contributed by atoms with Gasteiger partial charge in [-0.1, -0.05) is 30.3 Å². The fourth-order valence-corrected chi connectivity index (χ4v) is 2.54. The third-order valence-electron chi connectivity index (χ3n) is 4.28. The van der Waals surface area contributed by atoms with E-state index in [0.717, 1.165) is 18.7 Å². The Balaban J connectivity index is 0.00000392. The molecule has 1 amide bonds. The Bertz CT molecular complexity index is 751. The lowest BCUT2D eigenvalue weighted by Gasteiger charge is -2.18. The van der Waals surface area contributed by atoms with Gasteiger partial charge in [0.2, 0.25) is 5.91 Å². The average molecular weight is 495 g/mol. The molecule has 1 heterocycles. The second kappa shape index (κ2) is 13.1. The number of likely N-dealkylation sites (N-methyl/N-ethyl adjacent to an activating group) is 1. The van der Waals surface area contributed by atoms with Crippen LogP contribution < -0.4 is 10.6 Å². The molecule has 0 unspecified atom stereocenters. The van der Waals surface area contributed by atoms with Crippen LogP contribution in [-0.4, -0.2) is 48.4 Å². The number of carbonyl (C=O) groups is 1. The van der Waals surface area contributed by atoms with Crippen LogP contribution >= 0.6 is 24.0 Å². The SMILES string of the molecule is CCNC(=NCc1ccccc1C)NCC(=O)N(C)CCc1ccccn1.I. The van der Waals surface area contributed by atoms with E-state index in [1.54, 1.807) is 11.1 Å². The van der Waals surface area contributed by atoms with Crippen molar-refractivity contribution in [3.8, 4) is 0 Å². The van der Waals surface area contributed by atoms with Crippen LogP contribution in [0.3, 0.4) is 0 Å². The molecule has 152 valence electrons. The third kappa shape index (κ3) is 8.24. The Hall–Kier alpha value is -2.16. The van der Waals surface area contributed by atoms with Crippen molar-refractivity contribution < 1.29 is 4.79 Å². The van der Waals surface area contributed by atoms with Crippen molar-refractivity contribution in [2.24, 2.45) is 4.99 Å². The van der Waals surface area contributed by atoms with Gasteiger partial charge < -0.3 is 15.5 Å². The smallest absolute Gasteiger partial charge is 0.241 e. The van der Waals surface area contributed by atoms with Gasteiger partial charge in [-0.15, -0.1) is 24.0 Å². The lowest BCUT2D eigenvalue weighted by Crippen LogP contribution is -2.44. The molecule has 0 aliphatic heterocycles. The van der Waals surface area contributed by atoms with Crippen molar-refractivity contribution >= 4 is 35.8 Å². The van der Waals surface area contributed by atoms with E-state index >= 15 is 0 Å². The molecule has 1 aromatic heterocycles. The number of nitrogens with zero attached hydrogens (tertiary/aromatic N) is 3. The van der Waals surface area contributed by atoms with Gasteiger partial charge in [0.15, 0.2) is 5.96 Å². The van der Waals surface area contributed by atoms with Crippen molar-refractivity contribution in [3.63, 3.8) is 0 Å². The molecule has 2 N–H and O–H groups in total. The molecule has 1 aromatic carbocycles. The van der Waals surface area contributed by atoms with Crippen LogP contribution in [0, 0.1) is 6.92 Å². The van der Waals surface area contributed by atoms with E-state index in [-0.39, 0.29) is 36.4 Å². The van der Waals surface area contributed by atoms with Gasteiger partial charge in [-0.2, -0.15) is 0 Å². The van der Waals surface area contributed by atoms with Crippen molar-refractivity contribution in [3.05, 3.63) is 65.5 Å². The number of benzene rings is 1. The second-order valence-corrected chi connectivity index (χ2v) is 6.36. The number of pyridine rings is 1. The van der Waals surface area contributed by atoms with Crippen molar-refractivity contribution in [2.45, 2.75) is 26.8 Å². The van der Waals surface area contributed by atoms with Crippen molar-refractivity contribution in [2.75, 3.05) is 26.7 Å². The van der Waals surface area contributed by atoms with E-state index in [1.165, 1.54) is 11.1 Å². The lowest BCUT2D eigenvalue weighted by atomic mass is 10.1. The van der Waals surface area contributed by atoms with Crippen LogP contribution in [0.5, 0.6) is 0 Å². The summed E-state index contributed by atoms with van der Waals surface area (Å²) in [7, 11) is 1.81. The van der Waals surface area contributed by atoms with Gasteiger partial charge in [-0.3, -0.25) is 9.78 Å². The molecule has 2 rings (SSSR count). The maximum Gasteiger partial charge on any atom is 0.241 e. The van der Waals surface area contributed by atoms with Crippen LogP contribution in [0.4, 0.5) is 0 Å². The van der Waals surface area contributed by atoms with E-state index in [4.69, 9.17) is 0 Å². The minimum atomic E-state index is 0. The summed E-state index contributed by atoms with van der Waals surface area (Å²) < 4.78 is 0. The summed E-state index contributed by atoms with van der Waals surface area (Å²) >= 11 is 0. The molecule has 0 atom stereocenters. The highest BCUT2D eigenvalue weighted by Crippen LogP contribution is 2.07. The summed E-state index contributed by atoms with van der Waals surface area (Å²) in [4.78, 5) is 22.9. The summed E-state index contributed by atoms with van der Waals surface area (Å²) in [5, 5.41) is 6.30. The van der Waals surface area contributed by atoms with E-state index in [1.807, 2.05) is 44.3 Å². The number of guanidine groups is 1. The number of aromatic nitrogens is 1. The van der Waals surface area contributed by atoms with Gasteiger partial charge in [0, 0.05) is 38.4 Å². The molecule has 0 spiro atoms. The van der Waals surface area contributed by atoms with E-state index in [0.29, 0.717) is 19.0 Å².